The van der Waals surface area contributed by atoms with Gasteiger partial charge in [0.2, 0.25) is 0 Å². The van der Waals surface area contributed by atoms with Crippen LogP contribution in [0.2, 0.25) is 0 Å². The maximum Gasteiger partial charge on any atom is 0.407 e. The van der Waals surface area contributed by atoms with Crippen LogP contribution in [0.25, 0.3) is 0 Å². The van der Waals surface area contributed by atoms with Crippen LogP contribution in [-0.4, -0.2) is 18.7 Å². The van der Waals surface area contributed by atoms with Crippen molar-refractivity contribution in [3.05, 3.63) is 35.4 Å². The third-order valence-corrected chi connectivity index (χ3v) is 2.48. The highest BCUT2D eigenvalue weighted by molar-refractivity contribution is 5.69. The largest absolute Gasteiger partial charge is 0.447 e. The molecule has 0 unspecified atom stereocenters. The molecule has 1 aliphatic rings. The number of nitrogens with two attached hydrogens (primary N) is 1. The summed E-state index contributed by atoms with van der Waals surface area (Å²) in [6.07, 6.45) is 0.481. The zero-order valence-corrected chi connectivity index (χ0v) is 8.40. The topological polar surface area (TPSA) is 64.3 Å². The summed E-state index contributed by atoms with van der Waals surface area (Å²) in [6.45, 7) is 1.01. The van der Waals surface area contributed by atoms with Gasteiger partial charge in [-0.05, 0) is 17.5 Å². The first-order valence-electron chi connectivity index (χ1n) is 4.99. The van der Waals surface area contributed by atoms with Crippen LogP contribution >= 0.6 is 0 Å². The molecule has 0 saturated carbocycles. The van der Waals surface area contributed by atoms with Crippen LogP contribution in [0.15, 0.2) is 24.3 Å². The second kappa shape index (κ2) is 4.31. The number of benzene rings is 1. The van der Waals surface area contributed by atoms with E-state index in [1.54, 1.807) is 0 Å². The quantitative estimate of drug-likeness (QED) is 0.768. The predicted octanol–water partition coefficient (Wildman–Crippen LogP) is 0.796. The standard InChI is InChI=1S/C11H14N2O2/c12-6-9-3-1-8(2-4-9)5-10-7-15-11(14)13-10/h1-4,10H,5-7,12H2,(H,13,14)/t10-/m1/s1. The van der Waals surface area contributed by atoms with Gasteiger partial charge in [-0.1, -0.05) is 24.3 Å². The van der Waals surface area contributed by atoms with Crippen LogP contribution in [0.5, 0.6) is 0 Å². The predicted molar refractivity (Wildman–Crippen MR) is 56.3 cm³/mol. The van der Waals surface area contributed by atoms with Gasteiger partial charge in [0.05, 0.1) is 6.04 Å². The van der Waals surface area contributed by atoms with Crippen LogP contribution < -0.4 is 11.1 Å². The number of hydrogen-bond acceptors (Lipinski definition) is 3. The summed E-state index contributed by atoms with van der Waals surface area (Å²) in [5, 5.41) is 2.75. The highest BCUT2D eigenvalue weighted by atomic mass is 16.6. The summed E-state index contributed by atoms with van der Waals surface area (Å²) in [5.74, 6) is 0. The Labute approximate surface area is 88.4 Å². The van der Waals surface area contributed by atoms with Crippen LogP contribution in [-0.2, 0) is 17.7 Å². The average Bonchev–Trinajstić information content (AvgIpc) is 2.65. The van der Waals surface area contributed by atoms with Gasteiger partial charge < -0.3 is 15.8 Å². The van der Waals surface area contributed by atoms with E-state index in [2.05, 4.69) is 5.32 Å². The molecule has 1 amide bonds. The summed E-state index contributed by atoms with van der Waals surface area (Å²) in [5.41, 5.74) is 7.80. The molecular formula is C11H14N2O2. The lowest BCUT2D eigenvalue weighted by Crippen LogP contribution is -2.28. The molecule has 0 radical (unpaired) electrons. The van der Waals surface area contributed by atoms with Gasteiger partial charge >= 0.3 is 6.09 Å². The zero-order chi connectivity index (χ0) is 10.7. The second-order valence-corrected chi connectivity index (χ2v) is 3.66. The fourth-order valence-corrected chi connectivity index (χ4v) is 1.63. The minimum Gasteiger partial charge on any atom is -0.447 e. The molecule has 1 fully saturated rings. The number of carbonyl (C=O) groups is 1. The lowest BCUT2D eigenvalue weighted by atomic mass is 10.1. The van der Waals surface area contributed by atoms with E-state index in [9.17, 15) is 4.79 Å². The zero-order valence-electron chi connectivity index (χ0n) is 8.40. The van der Waals surface area contributed by atoms with E-state index < -0.39 is 0 Å². The van der Waals surface area contributed by atoms with Gasteiger partial charge in [0, 0.05) is 6.54 Å². The molecule has 1 heterocycles. The lowest BCUT2D eigenvalue weighted by molar-refractivity contribution is 0.177. The van der Waals surface area contributed by atoms with Gasteiger partial charge in [-0.15, -0.1) is 0 Å². The lowest BCUT2D eigenvalue weighted by Gasteiger charge is -2.07. The summed E-state index contributed by atoms with van der Waals surface area (Å²) in [6, 6.07) is 8.18. The van der Waals surface area contributed by atoms with Crippen molar-refractivity contribution in [2.24, 2.45) is 5.73 Å². The first-order chi connectivity index (χ1) is 7.28. The van der Waals surface area contributed by atoms with Gasteiger partial charge in [0.1, 0.15) is 6.61 Å². The number of amides is 1. The minimum absolute atomic E-state index is 0.0984. The Bertz CT molecular complexity index is 348. The maximum atomic E-state index is 10.8. The number of cyclic esters (lactones) is 1. The molecule has 3 N–H and O–H groups in total. The van der Waals surface area contributed by atoms with Crippen LogP contribution in [0.4, 0.5) is 4.79 Å². The molecule has 0 spiro atoms. The number of carbonyl (C=O) groups excluding carboxylic acids is 1. The van der Waals surface area contributed by atoms with Gasteiger partial charge in [0.25, 0.3) is 0 Å². The highest BCUT2D eigenvalue weighted by Gasteiger charge is 2.21. The Morgan fingerprint density at radius 2 is 2.00 bits per heavy atom. The van der Waals surface area contributed by atoms with Crippen molar-refractivity contribution in [1.29, 1.82) is 0 Å². The molecule has 1 aliphatic heterocycles. The van der Waals surface area contributed by atoms with Gasteiger partial charge in [-0.2, -0.15) is 0 Å². The summed E-state index contributed by atoms with van der Waals surface area (Å²) >= 11 is 0. The fraction of sp³-hybridized carbons (Fsp3) is 0.364. The van der Waals surface area contributed by atoms with Gasteiger partial charge in [-0.3, -0.25) is 0 Å². The Balaban J connectivity index is 1.96. The summed E-state index contributed by atoms with van der Waals surface area (Å²) in [4.78, 5) is 10.8. The molecule has 2 rings (SSSR count). The molecule has 1 aromatic carbocycles. The highest BCUT2D eigenvalue weighted by Crippen LogP contribution is 2.09. The van der Waals surface area contributed by atoms with Gasteiger partial charge in [-0.25, -0.2) is 4.79 Å². The van der Waals surface area contributed by atoms with Crippen molar-refractivity contribution in [2.75, 3.05) is 6.61 Å². The molecular weight excluding hydrogens is 192 g/mol. The number of nitrogens with one attached hydrogen (secondary N) is 1. The molecule has 4 heteroatoms. The average molecular weight is 206 g/mol. The first-order valence-corrected chi connectivity index (χ1v) is 4.99. The van der Waals surface area contributed by atoms with Crippen molar-refractivity contribution in [3.63, 3.8) is 0 Å². The van der Waals surface area contributed by atoms with Gasteiger partial charge in [0.15, 0.2) is 0 Å². The molecule has 1 atom stereocenters. The van der Waals surface area contributed by atoms with E-state index in [1.807, 2.05) is 24.3 Å². The number of alkyl carbamates (subject to hydrolysis) is 1. The molecule has 15 heavy (non-hydrogen) atoms. The molecule has 1 aromatic rings. The first kappa shape index (κ1) is 9.98. The van der Waals surface area contributed by atoms with Crippen LogP contribution in [0.3, 0.4) is 0 Å². The molecule has 0 bridgehead atoms. The molecule has 80 valence electrons. The Morgan fingerprint density at radius 3 is 2.53 bits per heavy atom. The van der Waals surface area contributed by atoms with Crippen LogP contribution in [0, 0.1) is 0 Å². The van der Waals surface area contributed by atoms with E-state index in [0.29, 0.717) is 13.2 Å². The van der Waals surface area contributed by atoms with Crippen molar-refractivity contribution >= 4 is 6.09 Å². The molecule has 4 nitrogen and oxygen atoms in total. The van der Waals surface area contributed by atoms with E-state index in [-0.39, 0.29) is 12.1 Å². The SMILES string of the molecule is NCc1ccc(C[C@@H]2COC(=O)N2)cc1. The number of hydrogen-bond donors (Lipinski definition) is 2. The van der Waals surface area contributed by atoms with Crippen molar-refractivity contribution in [3.8, 4) is 0 Å². The normalized spacial score (nSPS) is 19.8. The molecule has 0 aliphatic carbocycles. The Morgan fingerprint density at radius 1 is 1.33 bits per heavy atom. The van der Waals surface area contributed by atoms with E-state index in [0.717, 1.165) is 12.0 Å². The summed E-state index contributed by atoms with van der Waals surface area (Å²) in [7, 11) is 0. The molecule has 0 aromatic heterocycles. The number of rotatable bonds is 3. The Hall–Kier alpha value is -1.55. The smallest absolute Gasteiger partial charge is 0.407 e. The van der Waals surface area contributed by atoms with E-state index in [4.69, 9.17) is 10.5 Å². The number of ether oxygens (including phenoxy) is 1. The summed E-state index contributed by atoms with van der Waals surface area (Å²) < 4.78 is 4.81. The van der Waals surface area contributed by atoms with Crippen LogP contribution in [0.1, 0.15) is 11.1 Å². The Kier molecular flexibility index (Phi) is 2.87. The van der Waals surface area contributed by atoms with Crippen molar-refractivity contribution in [2.45, 2.75) is 19.0 Å². The van der Waals surface area contributed by atoms with Crippen molar-refractivity contribution in [1.82, 2.24) is 5.32 Å². The fourth-order valence-electron chi connectivity index (χ4n) is 1.63. The maximum absolute atomic E-state index is 10.8. The van der Waals surface area contributed by atoms with Crippen molar-refractivity contribution < 1.29 is 9.53 Å². The minimum atomic E-state index is -0.321. The van der Waals surface area contributed by atoms with E-state index in [1.165, 1.54) is 5.56 Å². The van der Waals surface area contributed by atoms with E-state index >= 15 is 0 Å². The molecule has 1 saturated heterocycles. The third kappa shape index (κ3) is 2.47. The second-order valence-electron chi connectivity index (χ2n) is 3.66. The monoisotopic (exact) mass is 206 g/mol. The third-order valence-electron chi connectivity index (χ3n) is 2.48.